The van der Waals surface area contributed by atoms with Crippen LogP contribution in [0.15, 0.2) is 45.6 Å². The van der Waals surface area contributed by atoms with E-state index in [0.29, 0.717) is 67.2 Å². The van der Waals surface area contributed by atoms with Crippen molar-refractivity contribution in [1.82, 2.24) is 4.90 Å². The predicted octanol–water partition coefficient (Wildman–Crippen LogP) is 3.42. The van der Waals surface area contributed by atoms with E-state index in [1.54, 1.807) is 32.3 Å². The molecule has 0 saturated carbocycles. The normalized spacial score (nSPS) is 17.8. The number of benzene rings is 2. The fourth-order valence-corrected chi connectivity index (χ4v) is 4.82. The van der Waals surface area contributed by atoms with Gasteiger partial charge < -0.3 is 23.9 Å². The second kappa shape index (κ2) is 8.76. The van der Waals surface area contributed by atoms with Crippen molar-refractivity contribution in [2.75, 3.05) is 50.1 Å². The molecule has 5 rings (SSSR count). The Morgan fingerprint density at radius 1 is 1.21 bits per heavy atom. The summed E-state index contributed by atoms with van der Waals surface area (Å²) in [5.74, 6) is 0.0894. The van der Waals surface area contributed by atoms with E-state index in [1.807, 2.05) is 17.9 Å². The molecule has 178 valence electrons. The number of amides is 1. The van der Waals surface area contributed by atoms with Gasteiger partial charge in [0.2, 0.25) is 0 Å². The number of hydrogen-bond donors (Lipinski definition) is 0. The maximum absolute atomic E-state index is 14.3. The first-order valence-corrected chi connectivity index (χ1v) is 11.5. The molecule has 3 aromatic rings. The zero-order chi connectivity index (χ0) is 24.0. The average Bonchev–Trinajstić information content (AvgIpc) is 3.22. The van der Waals surface area contributed by atoms with Gasteiger partial charge in [0.15, 0.2) is 11.3 Å². The summed E-state index contributed by atoms with van der Waals surface area (Å²) in [5, 5.41) is 0.367. The van der Waals surface area contributed by atoms with E-state index in [0.717, 1.165) is 11.3 Å². The summed E-state index contributed by atoms with van der Waals surface area (Å²) in [5.41, 5.74) is 2.93. The van der Waals surface area contributed by atoms with Gasteiger partial charge in [0.05, 0.1) is 18.1 Å². The molecule has 0 spiro atoms. The lowest BCUT2D eigenvalue weighted by atomic mass is 10.0. The van der Waals surface area contributed by atoms with Gasteiger partial charge in [0, 0.05) is 68.7 Å². The van der Waals surface area contributed by atoms with Crippen LogP contribution < -0.4 is 15.2 Å². The molecule has 3 heterocycles. The van der Waals surface area contributed by atoms with Crippen LogP contribution in [-0.2, 0) is 17.7 Å². The number of halogens is 1. The Bertz CT molecular complexity index is 1320. The number of fused-ring (bicyclic) bond motifs is 2. The predicted molar refractivity (Wildman–Crippen MR) is 129 cm³/mol. The van der Waals surface area contributed by atoms with Crippen LogP contribution in [0.25, 0.3) is 11.0 Å². The SMILES string of the molecule is C[C@@H]1CN(c2cc(=O)c3cc(C(=O)N(C)C)cc(CN4CCc5c(F)cccc54)c3o2)CCO1. The second-order valence-electron chi connectivity index (χ2n) is 9.20. The quantitative estimate of drug-likeness (QED) is 0.588. The van der Waals surface area contributed by atoms with Crippen LogP contribution in [0.4, 0.5) is 16.0 Å². The number of rotatable bonds is 4. The molecule has 0 aliphatic carbocycles. The molecule has 0 N–H and O–H groups in total. The van der Waals surface area contributed by atoms with Gasteiger partial charge >= 0.3 is 0 Å². The summed E-state index contributed by atoms with van der Waals surface area (Å²) in [6.07, 6.45) is 0.641. The molecule has 0 radical (unpaired) electrons. The van der Waals surface area contributed by atoms with Crippen molar-refractivity contribution in [3.8, 4) is 0 Å². The number of morpholine rings is 1. The summed E-state index contributed by atoms with van der Waals surface area (Å²) in [7, 11) is 3.35. The molecular formula is C26H28FN3O4. The number of ether oxygens (including phenoxy) is 1. The van der Waals surface area contributed by atoms with E-state index < -0.39 is 0 Å². The molecule has 1 amide bonds. The molecule has 0 unspecified atom stereocenters. The molecule has 1 saturated heterocycles. The van der Waals surface area contributed by atoms with Gasteiger partial charge in [-0.3, -0.25) is 9.59 Å². The second-order valence-corrected chi connectivity index (χ2v) is 9.20. The summed E-state index contributed by atoms with van der Waals surface area (Å²) in [6.45, 7) is 4.84. The van der Waals surface area contributed by atoms with E-state index in [4.69, 9.17) is 9.15 Å². The van der Waals surface area contributed by atoms with Crippen molar-refractivity contribution < 1.29 is 18.3 Å². The van der Waals surface area contributed by atoms with Crippen molar-refractivity contribution in [2.24, 2.45) is 0 Å². The van der Waals surface area contributed by atoms with Gasteiger partial charge in [-0.2, -0.15) is 0 Å². The van der Waals surface area contributed by atoms with Crippen molar-refractivity contribution >= 4 is 28.4 Å². The molecule has 0 bridgehead atoms. The largest absolute Gasteiger partial charge is 0.440 e. The highest BCUT2D eigenvalue weighted by atomic mass is 19.1. The van der Waals surface area contributed by atoms with Gasteiger partial charge in [-0.25, -0.2) is 4.39 Å². The van der Waals surface area contributed by atoms with E-state index in [9.17, 15) is 14.0 Å². The molecule has 34 heavy (non-hydrogen) atoms. The molecule has 1 fully saturated rings. The average molecular weight is 466 g/mol. The molecule has 2 aliphatic heterocycles. The zero-order valence-electron chi connectivity index (χ0n) is 19.6. The fraction of sp³-hybridized carbons (Fsp3) is 0.385. The maximum atomic E-state index is 14.3. The fourth-order valence-electron chi connectivity index (χ4n) is 4.82. The van der Waals surface area contributed by atoms with Gasteiger partial charge in [-0.05, 0) is 37.6 Å². The number of nitrogens with zero attached hydrogens (tertiary/aromatic N) is 3. The van der Waals surface area contributed by atoms with Gasteiger partial charge in [-0.15, -0.1) is 0 Å². The molecule has 8 heteroatoms. The molecule has 2 aliphatic rings. The van der Waals surface area contributed by atoms with Gasteiger partial charge in [-0.1, -0.05) is 6.07 Å². The molecule has 1 atom stereocenters. The van der Waals surface area contributed by atoms with E-state index in [2.05, 4.69) is 4.90 Å². The number of carbonyl (C=O) groups is 1. The third kappa shape index (κ3) is 4.03. The van der Waals surface area contributed by atoms with Crippen molar-refractivity contribution in [3.63, 3.8) is 0 Å². The van der Waals surface area contributed by atoms with Crippen LogP contribution in [0.1, 0.15) is 28.4 Å². The van der Waals surface area contributed by atoms with Gasteiger partial charge in [0.25, 0.3) is 5.91 Å². The van der Waals surface area contributed by atoms with Crippen LogP contribution in [-0.4, -0.2) is 57.2 Å². The van der Waals surface area contributed by atoms with Crippen LogP contribution in [0.5, 0.6) is 0 Å². The van der Waals surface area contributed by atoms with Crippen molar-refractivity contribution in [3.05, 3.63) is 69.1 Å². The maximum Gasteiger partial charge on any atom is 0.253 e. The number of carbonyl (C=O) groups excluding carboxylic acids is 1. The highest BCUT2D eigenvalue weighted by molar-refractivity contribution is 5.98. The van der Waals surface area contributed by atoms with E-state index in [1.165, 1.54) is 17.0 Å². The molecular weight excluding hydrogens is 437 g/mol. The van der Waals surface area contributed by atoms with Crippen LogP contribution in [0, 0.1) is 5.82 Å². The number of anilines is 2. The van der Waals surface area contributed by atoms with Crippen molar-refractivity contribution in [2.45, 2.75) is 26.0 Å². The van der Waals surface area contributed by atoms with Gasteiger partial charge in [0.1, 0.15) is 11.4 Å². The first kappa shape index (κ1) is 22.4. The first-order valence-electron chi connectivity index (χ1n) is 11.5. The lowest BCUT2D eigenvalue weighted by Crippen LogP contribution is -2.41. The Kier molecular flexibility index (Phi) is 5.77. The first-order chi connectivity index (χ1) is 16.3. The van der Waals surface area contributed by atoms with Crippen LogP contribution in [0.3, 0.4) is 0 Å². The standard InChI is InChI=1S/C26H28FN3O4/c1-16-14-30(9-10-33-16)24-13-23(31)20-12-17(26(32)28(2)3)11-18(25(20)34-24)15-29-8-7-19-21(27)5-4-6-22(19)29/h4-6,11-13,16H,7-10,14-15H2,1-3H3/t16-/m1/s1. The molecule has 2 aromatic carbocycles. The Morgan fingerprint density at radius 3 is 2.79 bits per heavy atom. The minimum Gasteiger partial charge on any atom is -0.440 e. The van der Waals surface area contributed by atoms with E-state index >= 15 is 0 Å². The Labute approximate surface area is 197 Å². The molecule has 7 nitrogen and oxygen atoms in total. The minimum absolute atomic E-state index is 0.0327. The minimum atomic E-state index is -0.211. The highest BCUT2D eigenvalue weighted by Crippen LogP contribution is 2.33. The summed E-state index contributed by atoms with van der Waals surface area (Å²) in [4.78, 5) is 31.5. The lowest BCUT2D eigenvalue weighted by molar-refractivity contribution is 0.0517. The topological polar surface area (TPSA) is 66.2 Å². The third-order valence-corrected chi connectivity index (χ3v) is 6.53. The smallest absolute Gasteiger partial charge is 0.253 e. The van der Waals surface area contributed by atoms with Crippen LogP contribution in [0.2, 0.25) is 0 Å². The summed E-state index contributed by atoms with van der Waals surface area (Å²) in [6, 6.07) is 9.97. The monoisotopic (exact) mass is 465 g/mol. The number of hydrogen-bond acceptors (Lipinski definition) is 6. The van der Waals surface area contributed by atoms with E-state index in [-0.39, 0.29) is 23.3 Å². The zero-order valence-corrected chi connectivity index (χ0v) is 19.6. The van der Waals surface area contributed by atoms with Crippen LogP contribution >= 0.6 is 0 Å². The Hall–Kier alpha value is -3.39. The lowest BCUT2D eigenvalue weighted by Gasteiger charge is -2.31. The third-order valence-electron chi connectivity index (χ3n) is 6.53. The summed E-state index contributed by atoms with van der Waals surface area (Å²) < 4.78 is 26.3. The Morgan fingerprint density at radius 2 is 2.03 bits per heavy atom. The molecule has 1 aromatic heterocycles. The summed E-state index contributed by atoms with van der Waals surface area (Å²) >= 11 is 0. The van der Waals surface area contributed by atoms with Crippen molar-refractivity contribution in [1.29, 1.82) is 0 Å². The Balaban J connectivity index is 1.62. The highest BCUT2D eigenvalue weighted by Gasteiger charge is 2.25.